The third-order valence-corrected chi connectivity index (χ3v) is 2.63. The molecule has 0 saturated carbocycles. The molecule has 1 aliphatic heterocycles. The van der Waals surface area contributed by atoms with Gasteiger partial charge in [0.2, 0.25) is 5.91 Å². The van der Waals surface area contributed by atoms with Crippen molar-refractivity contribution in [3.63, 3.8) is 0 Å². The predicted octanol–water partition coefficient (Wildman–Crippen LogP) is 0.434. The third kappa shape index (κ3) is 3.48. The highest BCUT2D eigenvalue weighted by Crippen LogP contribution is 2.15. The summed E-state index contributed by atoms with van der Waals surface area (Å²) in [6.07, 6.45) is 1.58. The maximum Gasteiger partial charge on any atom is 0.325 e. The molecular formula is C11H19NO4. The number of amides is 1. The number of carbonyl (C=O) groups excluding carboxylic acids is 2. The average Bonchev–Trinajstić information content (AvgIpc) is 2.80. The Morgan fingerprint density at radius 2 is 2.25 bits per heavy atom. The van der Waals surface area contributed by atoms with Crippen LogP contribution in [0, 0.1) is 5.92 Å². The molecule has 0 aromatic carbocycles. The van der Waals surface area contributed by atoms with E-state index in [2.05, 4.69) is 4.74 Å². The molecule has 0 spiro atoms. The van der Waals surface area contributed by atoms with Crippen molar-refractivity contribution in [3.8, 4) is 0 Å². The fraction of sp³-hybridized carbons (Fsp3) is 0.818. The van der Waals surface area contributed by atoms with Crippen LogP contribution in [0.15, 0.2) is 0 Å². The molecule has 1 aliphatic rings. The lowest BCUT2D eigenvalue weighted by Gasteiger charge is -2.23. The lowest BCUT2D eigenvalue weighted by atomic mass is 10.1. The van der Waals surface area contributed by atoms with Gasteiger partial charge in [-0.25, -0.2) is 0 Å². The van der Waals surface area contributed by atoms with Crippen LogP contribution in [0.1, 0.15) is 19.8 Å². The Hall–Kier alpha value is -1.10. The van der Waals surface area contributed by atoms with Gasteiger partial charge in [0, 0.05) is 13.2 Å². The summed E-state index contributed by atoms with van der Waals surface area (Å²) in [5.74, 6) is -0.457. The van der Waals surface area contributed by atoms with Crippen molar-refractivity contribution in [1.82, 2.24) is 4.90 Å². The molecule has 5 nitrogen and oxygen atoms in total. The van der Waals surface area contributed by atoms with Gasteiger partial charge in [-0.3, -0.25) is 9.59 Å². The first-order valence-corrected chi connectivity index (χ1v) is 5.62. The number of rotatable bonds is 5. The fourth-order valence-electron chi connectivity index (χ4n) is 1.74. The Bertz CT molecular complexity index is 248. The first-order valence-electron chi connectivity index (χ1n) is 5.62. The molecule has 0 aliphatic carbocycles. The normalized spacial score (nSPS) is 19.5. The summed E-state index contributed by atoms with van der Waals surface area (Å²) in [6.45, 7) is 3.71. The van der Waals surface area contributed by atoms with Crippen molar-refractivity contribution in [3.05, 3.63) is 0 Å². The van der Waals surface area contributed by atoms with Gasteiger partial charge in [0.1, 0.15) is 6.54 Å². The molecule has 0 N–H and O–H groups in total. The van der Waals surface area contributed by atoms with E-state index in [9.17, 15) is 9.59 Å². The van der Waals surface area contributed by atoms with Crippen molar-refractivity contribution in [2.24, 2.45) is 5.92 Å². The molecule has 1 atom stereocenters. The quantitative estimate of drug-likeness (QED) is 0.642. The molecule has 5 heteroatoms. The van der Waals surface area contributed by atoms with Gasteiger partial charge in [0.25, 0.3) is 0 Å². The van der Waals surface area contributed by atoms with E-state index in [0.717, 1.165) is 12.8 Å². The average molecular weight is 229 g/mol. The van der Waals surface area contributed by atoms with Crippen LogP contribution in [-0.2, 0) is 19.1 Å². The van der Waals surface area contributed by atoms with Crippen LogP contribution < -0.4 is 0 Å². The van der Waals surface area contributed by atoms with Gasteiger partial charge < -0.3 is 14.4 Å². The highest BCUT2D eigenvalue weighted by molar-refractivity contribution is 5.83. The molecule has 1 rings (SSSR count). The van der Waals surface area contributed by atoms with E-state index >= 15 is 0 Å². The van der Waals surface area contributed by atoms with Crippen LogP contribution in [0.3, 0.4) is 0 Å². The number of carbonyl (C=O) groups is 2. The van der Waals surface area contributed by atoms with Gasteiger partial charge >= 0.3 is 5.97 Å². The minimum absolute atomic E-state index is 0.00440. The molecule has 0 aromatic heterocycles. The highest BCUT2D eigenvalue weighted by Gasteiger charge is 2.28. The predicted molar refractivity (Wildman–Crippen MR) is 57.8 cm³/mol. The van der Waals surface area contributed by atoms with Gasteiger partial charge in [-0.05, 0) is 12.8 Å². The SMILES string of the molecule is CCCN(CC(=O)OC)C(=O)C1CCOC1. The van der Waals surface area contributed by atoms with Crippen molar-refractivity contribution in [2.75, 3.05) is 33.4 Å². The van der Waals surface area contributed by atoms with E-state index < -0.39 is 0 Å². The van der Waals surface area contributed by atoms with Gasteiger partial charge in [-0.2, -0.15) is 0 Å². The summed E-state index contributed by atoms with van der Waals surface area (Å²) in [5.41, 5.74) is 0. The number of nitrogens with zero attached hydrogens (tertiary/aromatic N) is 1. The molecule has 1 saturated heterocycles. The van der Waals surface area contributed by atoms with Gasteiger partial charge in [-0.1, -0.05) is 6.92 Å². The van der Waals surface area contributed by atoms with E-state index in [0.29, 0.717) is 19.8 Å². The highest BCUT2D eigenvalue weighted by atomic mass is 16.5. The smallest absolute Gasteiger partial charge is 0.325 e. The zero-order chi connectivity index (χ0) is 12.0. The Morgan fingerprint density at radius 1 is 1.50 bits per heavy atom. The first kappa shape index (κ1) is 13.0. The summed E-state index contributed by atoms with van der Waals surface area (Å²) in [7, 11) is 1.33. The molecule has 1 fully saturated rings. The number of ether oxygens (including phenoxy) is 2. The monoisotopic (exact) mass is 229 g/mol. The first-order chi connectivity index (χ1) is 7.69. The Kier molecular flexibility index (Phi) is 5.25. The summed E-state index contributed by atoms with van der Waals surface area (Å²) in [5, 5.41) is 0. The van der Waals surface area contributed by atoms with Crippen molar-refractivity contribution in [2.45, 2.75) is 19.8 Å². The van der Waals surface area contributed by atoms with Gasteiger partial charge in [0.15, 0.2) is 0 Å². The summed E-state index contributed by atoms with van der Waals surface area (Å²) < 4.78 is 9.75. The lowest BCUT2D eigenvalue weighted by molar-refractivity contribution is -0.148. The zero-order valence-corrected chi connectivity index (χ0v) is 9.90. The van der Waals surface area contributed by atoms with E-state index in [4.69, 9.17) is 4.74 Å². The van der Waals surface area contributed by atoms with Crippen molar-refractivity contribution >= 4 is 11.9 Å². The zero-order valence-electron chi connectivity index (χ0n) is 9.90. The van der Waals surface area contributed by atoms with Crippen LogP contribution in [-0.4, -0.2) is 50.2 Å². The summed E-state index contributed by atoms with van der Waals surface area (Å²) in [6, 6.07) is 0. The van der Waals surface area contributed by atoms with Gasteiger partial charge in [0.05, 0.1) is 19.6 Å². The Labute approximate surface area is 95.7 Å². The minimum Gasteiger partial charge on any atom is -0.468 e. The van der Waals surface area contributed by atoms with E-state index in [1.165, 1.54) is 7.11 Å². The molecule has 0 bridgehead atoms. The van der Waals surface area contributed by atoms with E-state index in [1.54, 1.807) is 4.90 Å². The molecule has 16 heavy (non-hydrogen) atoms. The van der Waals surface area contributed by atoms with Gasteiger partial charge in [-0.15, -0.1) is 0 Å². The van der Waals surface area contributed by atoms with Crippen molar-refractivity contribution in [1.29, 1.82) is 0 Å². The number of hydrogen-bond donors (Lipinski definition) is 0. The molecule has 0 aromatic rings. The summed E-state index contributed by atoms with van der Waals surface area (Å²) >= 11 is 0. The number of hydrogen-bond acceptors (Lipinski definition) is 4. The second-order valence-electron chi connectivity index (χ2n) is 3.90. The second-order valence-corrected chi connectivity index (χ2v) is 3.90. The molecule has 1 amide bonds. The maximum absolute atomic E-state index is 12.0. The summed E-state index contributed by atoms with van der Waals surface area (Å²) in [4.78, 5) is 24.8. The Balaban J connectivity index is 2.53. The Morgan fingerprint density at radius 3 is 2.75 bits per heavy atom. The van der Waals surface area contributed by atoms with E-state index in [1.807, 2.05) is 6.92 Å². The molecular weight excluding hydrogens is 210 g/mol. The van der Waals surface area contributed by atoms with Crippen LogP contribution in [0.5, 0.6) is 0 Å². The molecule has 1 heterocycles. The van der Waals surface area contributed by atoms with Crippen LogP contribution in [0.25, 0.3) is 0 Å². The maximum atomic E-state index is 12.0. The lowest BCUT2D eigenvalue weighted by Crippen LogP contribution is -2.40. The van der Waals surface area contributed by atoms with Crippen LogP contribution >= 0.6 is 0 Å². The molecule has 1 unspecified atom stereocenters. The number of esters is 1. The van der Waals surface area contributed by atoms with Crippen molar-refractivity contribution < 1.29 is 19.1 Å². The molecule has 92 valence electrons. The number of methoxy groups -OCH3 is 1. The third-order valence-electron chi connectivity index (χ3n) is 2.63. The largest absolute Gasteiger partial charge is 0.468 e. The van der Waals surface area contributed by atoms with Crippen LogP contribution in [0.4, 0.5) is 0 Å². The molecule has 0 radical (unpaired) electrons. The van der Waals surface area contributed by atoms with Crippen LogP contribution in [0.2, 0.25) is 0 Å². The van der Waals surface area contributed by atoms with E-state index in [-0.39, 0.29) is 24.3 Å². The minimum atomic E-state index is -0.374. The second kappa shape index (κ2) is 6.48. The topological polar surface area (TPSA) is 55.8 Å². The standard InChI is InChI=1S/C11H19NO4/c1-3-5-12(7-10(13)15-2)11(14)9-4-6-16-8-9/h9H,3-8H2,1-2H3. The fourth-order valence-corrected chi connectivity index (χ4v) is 1.74.